The standard InChI is InChI=1S/C12H14N2O2/c1-8(15)13-10-4-5-11-9(7-10)3-6-12(16)14(11)2/h4-5,7H,3,6H2,1-2H3,(H,13,15). The Bertz CT molecular complexity index is 454. The van der Waals surface area contributed by atoms with E-state index < -0.39 is 0 Å². The number of amides is 2. The molecule has 1 aliphatic rings. The van der Waals surface area contributed by atoms with Crippen molar-refractivity contribution in [1.29, 1.82) is 0 Å². The minimum atomic E-state index is -0.0832. The fourth-order valence-electron chi connectivity index (χ4n) is 1.94. The fraction of sp³-hybridized carbons (Fsp3) is 0.333. The molecule has 2 rings (SSSR count). The highest BCUT2D eigenvalue weighted by Gasteiger charge is 2.20. The maximum atomic E-state index is 11.5. The molecule has 0 atom stereocenters. The number of carbonyl (C=O) groups is 2. The van der Waals surface area contributed by atoms with Gasteiger partial charge in [-0.2, -0.15) is 0 Å². The molecule has 0 aliphatic carbocycles. The Morgan fingerprint density at radius 3 is 2.81 bits per heavy atom. The number of hydrogen-bond donors (Lipinski definition) is 1. The van der Waals surface area contributed by atoms with Crippen LogP contribution in [0.25, 0.3) is 0 Å². The minimum absolute atomic E-state index is 0.0832. The maximum Gasteiger partial charge on any atom is 0.227 e. The predicted octanol–water partition coefficient (Wildman–Crippen LogP) is 1.55. The Labute approximate surface area is 94.2 Å². The van der Waals surface area contributed by atoms with Crippen molar-refractivity contribution in [3.8, 4) is 0 Å². The van der Waals surface area contributed by atoms with E-state index in [2.05, 4.69) is 5.32 Å². The van der Waals surface area contributed by atoms with Crippen LogP contribution in [0.2, 0.25) is 0 Å². The number of rotatable bonds is 1. The molecule has 1 aromatic carbocycles. The number of fused-ring (bicyclic) bond motifs is 1. The van der Waals surface area contributed by atoms with Gasteiger partial charge in [-0.3, -0.25) is 9.59 Å². The molecule has 0 aromatic heterocycles. The number of benzene rings is 1. The molecule has 1 aromatic rings. The normalized spacial score (nSPS) is 14.6. The molecule has 4 nitrogen and oxygen atoms in total. The molecule has 0 unspecified atom stereocenters. The molecule has 0 saturated heterocycles. The van der Waals surface area contributed by atoms with Crippen molar-refractivity contribution in [3.05, 3.63) is 23.8 Å². The number of aryl methyl sites for hydroxylation is 1. The molecule has 4 heteroatoms. The van der Waals surface area contributed by atoms with E-state index in [9.17, 15) is 9.59 Å². The second-order valence-electron chi connectivity index (χ2n) is 3.98. The number of nitrogens with one attached hydrogen (secondary N) is 1. The first-order chi connectivity index (χ1) is 7.58. The molecule has 2 amide bonds. The summed E-state index contributed by atoms with van der Waals surface area (Å²) in [7, 11) is 1.78. The summed E-state index contributed by atoms with van der Waals surface area (Å²) in [4.78, 5) is 24.1. The summed E-state index contributed by atoms with van der Waals surface area (Å²) < 4.78 is 0. The van der Waals surface area contributed by atoms with Crippen molar-refractivity contribution in [2.75, 3.05) is 17.3 Å². The zero-order valence-corrected chi connectivity index (χ0v) is 9.41. The average Bonchev–Trinajstić information content (AvgIpc) is 2.23. The third kappa shape index (κ3) is 1.91. The molecular formula is C12H14N2O2. The molecule has 16 heavy (non-hydrogen) atoms. The molecule has 0 fully saturated rings. The first-order valence-electron chi connectivity index (χ1n) is 5.25. The van der Waals surface area contributed by atoms with Crippen molar-refractivity contribution < 1.29 is 9.59 Å². The van der Waals surface area contributed by atoms with Gasteiger partial charge in [-0.25, -0.2) is 0 Å². The Kier molecular flexibility index (Phi) is 2.64. The van der Waals surface area contributed by atoms with Crippen LogP contribution in [-0.2, 0) is 16.0 Å². The molecule has 84 valence electrons. The Hall–Kier alpha value is -1.84. The van der Waals surface area contributed by atoms with E-state index in [-0.39, 0.29) is 11.8 Å². The molecule has 1 heterocycles. The monoisotopic (exact) mass is 218 g/mol. The van der Waals surface area contributed by atoms with Crippen LogP contribution in [0, 0.1) is 0 Å². The van der Waals surface area contributed by atoms with Crippen molar-refractivity contribution in [1.82, 2.24) is 0 Å². The van der Waals surface area contributed by atoms with Crippen molar-refractivity contribution in [2.24, 2.45) is 0 Å². The third-order valence-corrected chi connectivity index (χ3v) is 2.74. The second kappa shape index (κ2) is 3.96. The van der Waals surface area contributed by atoms with Gasteiger partial charge in [0.2, 0.25) is 11.8 Å². The smallest absolute Gasteiger partial charge is 0.227 e. The van der Waals surface area contributed by atoms with Gasteiger partial charge in [0, 0.05) is 31.8 Å². The van der Waals surface area contributed by atoms with Crippen LogP contribution in [0.15, 0.2) is 18.2 Å². The molecular weight excluding hydrogens is 204 g/mol. The largest absolute Gasteiger partial charge is 0.326 e. The van der Waals surface area contributed by atoms with Gasteiger partial charge in [-0.15, -0.1) is 0 Å². The first kappa shape index (κ1) is 10.7. The van der Waals surface area contributed by atoms with Crippen LogP contribution in [0.5, 0.6) is 0 Å². The van der Waals surface area contributed by atoms with E-state index in [0.29, 0.717) is 6.42 Å². The average molecular weight is 218 g/mol. The van der Waals surface area contributed by atoms with Crippen molar-refractivity contribution in [3.63, 3.8) is 0 Å². The number of hydrogen-bond acceptors (Lipinski definition) is 2. The SMILES string of the molecule is CC(=O)Nc1ccc2c(c1)CCC(=O)N2C. The van der Waals surface area contributed by atoms with Crippen LogP contribution in [0.4, 0.5) is 11.4 Å². The zero-order chi connectivity index (χ0) is 11.7. The highest BCUT2D eigenvalue weighted by molar-refractivity contribution is 5.97. The molecule has 1 aliphatic heterocycles. The highest BCUT2D eigenvalue weighted by Crippen LogP contribution is 2.29. The van der Waals surface area contributed by atoms with Gasteiger partial charge in [-0.05, 0) is 30.2 Å². The van der Waals surface area contributed by atoms with Crippen LogP contribution in [0.3, 0.4) is 0 Å². The zero-order valence-electron chi connectivity index (χ0n) is 9.41. The van der Waals surface area contributed by atoms with E-state index in [1.165, 1.54) is 6.92 Å². The van der Waals surface area contributed by atoms with Crippen LogP contribution >= 0.6 is 0 Å². The Morgan fingerprint density at radius 1 is 1.38 bits per heavy atom. The summed E-state index contributed by atoms with van der Waals surface area (Å²) in [6.45, 7) is 1.48. The lowest BCUT2D eigenvalue weighted by Crippen LogP contribution is -2.31. The summed E-state index contributed by atoms with van der Waals surface area (Å²) in [5, 5.41) is 2.74. The first-order valence-corrected chi connectivity index (χ1v) is 5.25. The summed E-state index contributed by atoms with van der Waals surface area (Å²) in [5.74, 6) is 0.0555. The van der Waals surface area contributed by atoms with Crippen LogP contribution in [0.1, 0.15) is 18.9 Å². The quantitative estimate of drug-likeness (QED) is 0.777. The second-order valence-corrected chi connectivity index (χ2v) is 3.98. The Balaban J connectivity index is 2.33. The number of carbonyl (C=O) groups excluding carboxylic acids is 2. The number of nitrogens with zero attached hydrogens (tertiary/aromatic N) is 1. The van der Waals surface area contributed by atoms with Gasteiger partial charge in [0.25, 0.3) is 0 Å². The number of anilines is 2. The van der Waals surface area contributed by atoms with E-state index >= 15 is 0 Å². The molecule has 0 spiro atoms. The van der Waals surface area contributed by atoms with Gasteiger partial charge >= 0.3 is 0 Å². The van der Waals surface area contributed by atoms with Crippen molar-refractivity contribution in [2.45, 2.75) is 19.8 Å². The lowest BCUT2D eigenvalue weighted by Gasteiger charge is -2.26. The van der Waals surface area contributed by atoms with E-state index in [4.69, 9.17) is 0 Å². The fourth-order valence-corrected chi connectivity index (χ4v) is 1.94. The van der Waals surface area contributed by atoms with E-state index in [0.717, 1.165) is 23.4 Å². The van der Waals surface area contributed by atoms with Gasteiger partial charge in [0.1, 0.15) is 0 Å². The molecule has 0 radical (unpaired) electrons. The summed E-state index contributed by atoms with van der Waals surface area (Å²) in [6.07, 6.45) is 1.28. The topological polar surface area (TPSA) is 49.4 Å². The summed E-state index contributed by atoms with van der Waals surface area (Å²) in [5.41, 5.74) is 2.83. The predicted molar refractivity (Wildman–Crippen MR) is 62.5 cm³/mol. The summed E-state index contributed by atoms with van der Waals surface area (Å²) >= 11 is 0. The van der Waals surface area contributed by atoms with E-state index in [1.807, 2.05) is 18.2 Å². The Morgan fingerprint density at radius 2 is 2.12 bits per heavy atom. The van der Waals surface area contributed by atoms with Gasteiger partial charge in [0.15, 0.2) is 0 Å². The lowest BCUT2D eigenvalue weighted by molar-refractivity contribution is -0.118. The van der Waals surface area contributed by atoms with Crippen LogP contribution in [-0.4, -0.2) is 18.9 Å². The van der Waals surface area contributed by atoms with Crippen LogP contribution < -0.4 is 10.2 Å². The third-order valence-electron chi connectivity index (χ3n) is 2.74. The molecule has 0 bridgehead atoms. The van der Waals surface area contributed by atoms with E-state index in [1.54, 1.807) is 11.9 Å². The van der Waals surface area contributed by atoms with Gasteiger partial charge < -0.3 is 10.2 Å². The lowest BCUT2D eigenvalue weighted by atomic mass is 10.0. The molecule has 0 saturated carbocycles. The van der Waals surface area contributed by atoms with Crippen molar-refractivity contribution >= 4 is 23.2 Å². The van der Waals surface area contributed by atoms with Gasteiger partial charge in [-0.1, -0.05) is 0 Å². The van der Waals surface area contributed by atoms with Gasteiger partial charge in [0.05, 0.1) is 0 Å². The maximum absolute atomic E-state index is 11.5. The highest BCUT2D eigenvalue weighted by atomic mass is 16.2. The summed E-state index contributed by atoms with van der Waals surface area (Å²) in [6, 6.07) is 5.62. The minimum Gasteiger partial charge on any atom is -0.326 e. The molecule has 1 N–H and O–H groups in total.